The van der Waals surface area contributed by atoms with Crippen molar-refractivity contribution < 1.29 is 0 Å². The van der Waals surface area contributed by atoms with Crippen molar-refractivity contribution in [3.05, 3.63) is 35.9 Å². The van der Waals surface area contributed by atoms with E-state index in [0.29, 0.717) is 12.1 Å². The van der Waals surface area contributed by atoms with Gasteiger partial charge in [0.2, 0.25) is 0 Å². The Kier molecular flexibility index (Phi) is 6.68. The molecule has 1 aliphatic heterocycles. The van der Waals surface area contributed by atoms with E-state index in [1.54, 1.807) is 0 Å². The van der Waals surface area contributed by atoms with Crippen LogP contribution in [0.2, 0.25) is 0 Å². The third-order valence-electron chi connectivity index (χ3n) is 4.75. The Morgan fingerprint density at radius 1 is 1.24 bits per heavy atom. The first-order valence-corrected chi connectivity index (χ1v) is 8.39. The molecule has 3 heteroatoms. The topological polar surface area (TPSA) is 18.5 Å². The van der Waals surface area contributed by atoms with E-state index in [9.17, 15) is 0 Å². The van der Waals surface area contributed by atoms with Gasteiger partial charge in [0.25, 0.3) is 0 Å². The van der Waals surface area contributed by atoms with E-state index in [-0.39, 0.29) is 0 Å². The molecule has 1 aromatic rings. The summed E-state index contributed by atoms with van der Waals surface area (Å²) in [5.41, 5.74) is 1.40. The standard InChI is InChI=1S/C18H31N3/c1-4-17-15-20(3)12-8-13-21(17)14-11-18(19-2)16-9-6-5-7-10-16/h5-7,9-10,17-19H,4,8,11-15H2,1-3H3. The van der Waals surface area contributed by atoms with Gasteiger partial charge in [-0.25, -0.2) is 0 Å². The average molecular weight is 289 g/mol. The molecule has 2 rings (SSSR count). The first-order chi connectivity index (χ1) is 10.2. The summed E-state index contributed by atoms with van der Waals surface area (Å²) < 4.78 is 0. The molecule has 0 aromatic heterocycles. The smallest absolute Gasteiger partial charge is 0.0329 e. The van der Waals surface area contributed by atoms with E-state index in [4.69, 9.17) is 0 Å². The van der Waals surface area contributed by atoms with E-state index < -0.39 is 0 Å². The van der Waals surface area contributed by atoms with Gasteiger partial charge in [-0.15, -0.1) is 0 Å². The predicted octanol–water partition coefficient (Wildman–Crippen LogP) is 2.75. The molecule has 1 aromatic carbocycles. The van der Waals surface area contributed by atoms with Gasteiger partial charge in [-0.1, -0.05) is 37.3 Å². The lowest BCUT2D eigenvalue weighted by Gasteiger charge is -2.31. The zero-order chi connectivity index (χ0) is 15.1. The molecule has 2 atom stereocenters. The predicted molar refractivity (Wildman–Crippen MR) is 90.6 cm³/mol. The zero-order valence-electron chi connectivity index (χ0n) is 13.9. The van der Waals surface area contributed by atoms with E-state index in [2.05, 4.69) is 66.5 Å². The Bertz CT molecular complexity index is 393. The van der Waals surface area contributed by atoms with Crippen molar-refractivity contribution in [1.82, 2.24) is 15.1 Å². The highest BCUT2D eigenvalue weighted by Crippen LogP contribution is 2.19. The molecule has 21 heavy (non-hydrogen) atoms. The summed E-state index contributed by atoms with van der Waals surface area (Å²) in [4.78, 5) is 5.19. The van der Waals surface area contributed by atoms with Crippen LogP contribution in [0.5, 0.6) is 0 Å². The molecular formula is C18H31N3. The van der Waals surface area contributed by atoms with E-state index in [0.717, 1.165) is 0 Å². The molecule has 1 fully saturated rings. The molecule has 1 saturated heterocycles. The lowest BCUT2D eigenvalue weighted by atomic mass is 10.0. The maximum absolute atomic E-state index is 3.48. The van der Waals surface area contributed by atoms with Gasteiger partial charge in [0.1, 0.15) is 0 Å². The molecule has 1 aliphatic rings. The largest absolute Gasteiger partial charge is 0.313 e. The van der Waals surface area contributed by atoms with Crippen molar-refractivity contribution in [2.75, 3.05) is 40.3 Å². The maximum Gasteiger partial charge on any atom is 0.0329 e. The second-order valence-electron chi connectivity index (χ2n) is 6.25. The van der Waals surface area contributed by atoms with Crippen LogP contribution >= 0.6 is 0 Å². The zero-order valence-corrected chi connectivity index (χ0v) is 13.9. The van der Waals surface area contributed by atoms with Crippen LogP contribution in [0.1, 0.15) is 37.8 Å². The van der Waals surface area contributed by atoms with Crippen molar-refractivity contribution in [2.45, 2.75) is 38.3 Å². The highest BCUT2D eigenvalue weighted by Gasteiger charge is 2.22. The minimum atomic E-state index is 0.463. The van der Waals surface area contributed by atoms with Crippen molar-refractivity contribution in [2.24, 2.45) is 0 Å². The number of nitrogens with one attached hydrogen (secondary N) is 1. The normalized spacial score (nSPS) is 22.9. The Balaban J connectivity index is 1.93. The summed E-state index contributed by atoms with van der Waals surface area (Å²) in [5.74, 6) is 0. The molecule has 118 valence electrons. The highest BCUT2D eigenvalue weighted by molar-refractivity contribution is 5.18. The Labute approximate surface area is 130 Å². The molecule has 0 spiro atoms. The van der Waals surface area contributed by atoms with E-state index >= 15 is 0 Å². The Hall–Kier alpha value is -0.900. The van der Waals surface area contributed by atoms with Crippen molar-refractivity contribution in [3.63, 3.8) is 0 Å². The molecule has 2 unspecified atom stereocenters. The first kappa shape index (κ1) is 16.5. The van der Waals surface area contributed by atoms with Crippen LogP contribution in [0, 0.1) is 0 Å². The average Bonchev–Trinajstić information content (AvgIpc) is 2.70. The van der Waals surface area contributed by atoms with Gasteiger partial charge in [-0.05, 0) is 52.0 Å². The summed E-state index contributed by atoms with van der Waals surface area (Å²) in [6, 6.07) is 12.0. The highest BCUT2D eigenvalue weighted by atomic mass is 15.2. The lowest BCUT2D eigenvalue weighted by Crippen LogP contribution is -2.41. The monoisotopic (exact) mass is 289 g/mol. The van der Waals surface area contributed by atoms with Gasteiger partial charge in [0.05, 0.1) is 0 Å². The van der Waals surface area contributed by atoms with Crippen molar-refractivity contribution in [3.8, 4) is 0 Å². The second-order valence-corrected chi connectivity index (χ2v) is 6.25. The Morgan fingerprint density at radius 3 is 2.67 bits per heavy atom. The van der Waals surface area contributed by atoms with E-state index in [1.807, 2.05) is 0 Å². The summed E-state index contributed by atoms with van der Waals surface area (Å²) in [6.45, 7) is 7.21. The van der Waals surface area contributed by atoms with Crippen LogP contribution in [0.4, 0.5) is 0 Å². The third-order valence-corrected chi connectivity index (χ3v) is 4.75. The molecule has 0 radical (unpaired) electrons. The summed E-state index contributed by atoms with van der Waals surface area (Å²) >= 11 is 0. The van der Waals surface area contributed by atoms with Crippen LogP contribution in [0.3, 0.4) is 0 Å². The molecule has 1 heterocycles. The molecular weight excluding hydrogens is 258 g/mol. The van der Waals surface area contributed by atoms with Gasteiger partial charge >= 0.3 is 0 Å². The number of hydrogen-bond donors (Lipinski definition) is 1. The van der Waals surface area contributed by atoms with Gasteiger partial charge in [-0.2, -0.15) is 0 Å². The quantitative estimate of drug-likeness (QED) is 0.869. The van der Waals surface area contributed by atoms with Crippen molar-refractivity contribution in [1.29, 1.82) is 0 Å². The van der Waals surface area contributed by atoms with Crippen LogP contribution in [-0.4, -0.2) is 56.1 Å². The van der Waals surface area contributed by atoms with E-state index in [1.165, 1.54) is 51.0 Å². The molecule has 3 nitrogen and oxygen atoms in total. The van der Waals surface area contributed by atoms with Gasteiger partial charge in [0.15, 0.2) is 0 Å². The van der Waals surface area contributed by atoms with Crippen LogP contribution in [-0.2, 0) is 0 Å². The molecule has 0 saturated carbocycles. The minimum Gasteiger partial charge on any atom is -0.313 e. The van der Waals surface area contributed by atoms with Gasteiger partial charge in [-0.3, -0.25) is 4.90 Å². The number of nitrogens with zero attached hydrogens (tertiary/aromatic N) is 2. The fourth-order valence-corrected chi connectivity index (χ4v) is 3.43. The number of benzene rings is 1. The second kappa shape index (κ2) is 8.52. The van der Waals surface area contributed by atoms with Gasteiger partial charge < -0.3 is 10.2 Å². The molecule has 1 N–H and O–H groups in total. The Morgan fingerprint density at radius 2 is 2.00 bits per heavy atom. The number of hydrogen-bond acceptors (Lipinski definition) is 3. The third kappa shape index (κ3) is 4.80. The molecule has 0 bridgehead atoms. The molecule has 0 amide bonds. The summed E-state index contributed by atoms with van der Waals surface area (Å²) in [5, 5.41) is 3.48. The lowest BCUT2D eigenvalue weighted by molar-refractivity contribution is 0.176. The van der Waals surface area contributed by atoms with Crippen LogP contribution in [0.25, 0.3) is 0 Å². The van der Waals surface area contributed by atoms with Crippen LogP contribution in [0.15, 0.2) is 30.3 Å². The fraction of sp³-hybridized carbons (Fsp3) is 0.667. The number of rotatable bonds is 6. The van der Waals surface area contributed by atoms with Crippen LogP contribution < -0.4 is 5.32 Å². The van der Waals surface area contributed by atoms with Crippen molar-refractivity contribution >= 4 is 0 Å². The summed E-state index contributed by atoms with van der Waals surface area (Å²) in [6.07, 6.45) is 3.73. The fourth-order valence-electron chi connectivity index (χ4n) is 3.43. The number of likely N-dealkylation sites (N-methyl/N-ethyl adjacent to an activating group) is 1. The summed E-state index contributed by atoms with van der Waals surface area (Å²) in [7, 11) is 4.33. The SMILES string of the molecule is CCC1CN(C)CCCN1CCC(NC)c1ccccc1. The van der Waals surface area contributed by atoms with Gasteiger partial charge in [0, 0.05) is 25.2 Å². The molecule has 0 aliphatic carbocycles. The minimum absolute atomic E-state index is 0.463. The first-order valence-electron chi connectivity index (χ1n) is 8.39. The maximum atomic E-state index is 3.48.